The molecule has 164 valence electrons. The van der Waals surface area contributed by atoms with Gasteiger partial charge in [-0.1, -0.05) is 68.3 Å². The van der Waals surface area contributed by atoms with E-state index in [4.69, 9.17) is 9.73 Å². The van der Waals surface area contributed by atoms with Crippen LogP contribution in [0.25, 0.3) is 0 Å². The number of allylic oxidation sites excluding steroid dienone is 1. The molecule has 31 heavy (non-hydrogen) atoms. The molecule has 3 aliphatic rings. The van der Waals surface area contributed by atoms with Gasteiger partial charge in [0.25, 0.3) is 0 Å². The molecule has 0 radical (unpaired) electrons. The molecule has 0 bridgehead atoms. The second kappa shape index (κ2) is 9.73. The molecular formula is C24H29N3O3S. The summed E-state index contributed by atoms with van der Waals surface area (Å²) in [6.07, 6.45) is 6.61. The van der Waals surface area contributed by atoms with Gasteiger partial charge in [-0.05, 0) is 30.2 Å². The molecule has 4 rings (SSSR count). The number of nitrogens with one attached hydrogen (secondary N) is 1. The van der Waals surface area contributed by atoms with Crippen molar-refractivity contribution >= 4 is 28.8 Å². The number of aliphatic imine (C=N–C) groups is 1. The highest BCUT2D eigenvalue weighted by atomic mass is 32.2. The van der Waals surface area contributed by atoms with E-state index >= 15 is 0 Å². The second-order valence-corrected chi connectivity index (χ2v) is 8.93. The third kappa shape index (κ3) is 4.56. The minimum Gasteiger partial charge on any atom is -0.466 e. The summed E-state index contributed by atoms with van der Waals surface area (Å²) < 4.78 is 5.14. The maximum absolute atomic E-state index is 12.8. The minimum absolute atomic E-state index is 0.0247. The SMILES string of the molecule is CCC1=C(C(=O)OC)C(c2ccccc2)N2C(CC(=O)NC3CCCCC3)=CSC2=N1. The number of carbonyl (C=O) groups excluding carboxylic acids is 2. The largest absolute Gasteiger partial charge is 0.466 e. The molecule has 1 aromatic rings. The summed E-state index contributed by atoms with van der Waals surface area (Å²) in [5.74, 6) is -0.354. The van der Waals surface area contributed by atoms with E-state index in [0.29, 0.717) is 12.0 Å². The first-order valence-electron chi connectivity index (χ1n) is 11.0. The van der Waals surface area contributed by atoms with Gasteiger partial charge < -0.3 is 15.0 Å². The fourth-order valence-electron chi connectivity index (χ4n) is 4.55. The van der Waals surface area contributed by atoms with Crippen LogP contribution in [0.1, 0.15) is 63.5 Å². The fraction of sp³-hybridized carbons (Fsp3) is 0.458. The predicted molar refractivity (Wildman–Crippen MR) is 123 cm³/mol. The lowest BCUT2D eigenvalue weighted by atomic mass is 9.93. The molecule has 1 fully saturated rings. The number of esters is 1. The van der Waals surface area contributed by atoms with E-state index < -0.39 is 0 Å². The Morgan fingerprint density at radius 1 is 1.19 bits per heavy atom. The van der Waals surface area contributed by atoms with Gasteiger partial charge in [0.1, 0.15) is 0 Å². The zero-order valence-corrected chi connectivity index (χ0v) is 18.9. The van der Waals surface area contributed by atoms with Gasteiger partial charge in [-0.25, -0.2) is 9.79 Å². The van der Waals surface area contributed by atoms with Crippen LogP contribution in [0.2, 0.25) is 0 Å². The van der Waals surface area contributed by atoms with Crippen LogP contribution in [0.3, 0.4) is 0 Å². The van der Waals surface area contributed by atoms with Gasteiger partial charge in [-0.3, -0.25) is 4.79 Å². The monoisotopic (exact) mass is 439 g/mol. The van der Waals surface area contributed by atoms with Crippen LogP contribution in [-0.4, -0.2) is 35.1 Å². The van der Waals surface area contributed by atoms with Gasteiger partial charge in [-0.15, -0.1) is 0 Å². The molecule has 1 atom stereocenters. The van der Waals surface area contributed by atoms with E-state index in [1.54, 1.807) is 0 Å². The van der Waals surface area contributed by atoms with E-state index in [-0.39, 0.29) is 30.4 Å². The number of carbonyl (C=O) groups is 2. The molecule has 1 amide bonds. The molecule has 2 aliphatic heterocycles. The van der Waals surface area contributed by atoms with Crippen LogP contribution < -0.4 is 5.32 Å². The quantitative estimate of drug-likeness (QED) is 0.653. The van der Waals surface area contributed by atoms with E-state index in [2.05, 4.69) is 5.32 Å². The molecule has 7 heteroatoms. The highest BCUT2D eigenvalue weighted by Gasteiger charge is 2.41. The number of amidine groups is 1. The van der Waals surface area contributed by atoms with Gasteiger partial charge in [0.05, 0.1) is 30.8 Å². The summed E-state index contributed by atoms with van der Waals surface area (Å²) in [5.41, 5.74) is 3.12. The number of fused-ring (bicyclic) bond motifs is 1. The number of thioether (sulfide) groups is 1. The van der Waals surface area contributed by atoms with Crippen molar-refractivity contribution in [3.63, 3.8) is 0 Å². The molecule has 1 N–H and O–H groups in total. The Kier molecular flexibility index (Phi) is 6.80. The summed E-state index contributed by atoms with van der Waals surface area (Å²) in [6, 6.07) is 9.80. The van der Waals surface area contributed by atoms with Crippen molar-refractivity contribution in [1.82, 2.24) is 10.2 Å². The van der Waals surface area contributed by atoms with Crippen molar-refractivity contribution in [2.45, 2.75) is 64.0 Å². The number of hydrogen-bond donors (Lipinski definition) is 1. The average molecular weight is 440 g/mol. The van der Waals surface area contributed by atoms with Gasteiger partial charge in [0, 0.05) is 11.7 Å². The van der Waals surface area contributed by atoms with E-state index in [0.717, 1.165) is 35.0 Å². The Balaban J connectivity index is 1.63. The number of ether oxygens (including phenoxy) is 1. The standard InChI is InChI=1S/C24H29N3O3S/c1-3-19-21(23(29)30-2)22(16-10-6-4-7-11-16)27-18(15-31-24(27)26-19)14-20(28)25-17-12-8-5-9-13-17/h4,6-7,10-11,15,17,22H,3,5,8-9,12-14H2,1-2H3,(H,25,28). The highest BCUT2D eigenvalue weighted by Crippen LogP contribution is 2.45. The van der Waals surface area contributed by atoms with Gasteiger partial charge in [0.15, 0.2) is 5.17 Å². The van der Waals surface area contributed by atoms with Gasteiger partial charge in [0.2, 0.25) is 5.91 Å². The topological polar surface area (TPSA) is 71.0 Å². The van der Waals surface area contributed by atoms with E-state index in [9.17, 15) is 9.59 Å². The maximum atomic E-state index is 12.8. The van der Waals surface area contributed by atoms with Crippen LogP contribution in [0, 0.1) is 0 Å². The third-order valence-corrected chi connectivity index (χ3v) is 6.95. The van der Waals surface area contributed by atoms with Crippen LogP contribution in [0.5, 0.6) is 0 Å². The summed E-state index contributed by atoms with van der Waals surface area (Å²) in [6.45, 7) is 1.99. The Hall–Kier alpha value is -2.54. The van der Waals surface area contributed by atoms with Gasteiger partial charge in [-0.2, -0.15) is 0 Å². The Morgan fingerprint density at radius 3 is 2.61 bits per heavy atom. The lowest BCUT2D eigenvalue weighted by molar-refractivity contribution is -0.136. The van der Waals surface area contributed by atoms with Crippen molar-refractivity contribution in [3.05, 3.63) is 58.3 Å². The van der Waals surface area contributed by atoms with Crippen molar-refractivity contribution in [1.29, 1.82) is 0 Å². The molecule has 6 nitrogen and oxygen atoms in total. The lowest BCUT2D eigenvalue weighted by Crippen LogP contribution is -2.40. The van der Waals surface area contributed by atoms with Crippen molar-refractivity contribution in [2.75, 3.05) is 7.11 Å². The highest BCUT2D eigenvalue weighted by molar-refractivity contribution is 8.16. The molecular weight excluding hydrogens is 410 g/mol. The fourth-order valence-corrected chi connectivity index (χ4v) is 5.49. The lowest BCUT2D eigenvalue weighted by Gasteiger charge is -2.36. The summed E-state index contributed by atoms with van der Waals surface area (Å²) >= 11 is 1.51. The first-order chi connectivity index (χ1) is 15.1. The van der Waals surface area contributed by atoms with E-state index in [1.165, 1.54) is 38.1 Å². The second-order valence-electron chi connectivity index (χ2n) is 8.09. The normalized spacial score (nSPS) is 21.4. The van der Waals surface area contributed by atoms with Crippen molar-refractivity contribution < 1.29 is 14.3 Å². The molecule has 0 spiro atoms. The number of rotatable bonds is 6. The number of hydrogen-bond acceptors (Lipinski definition) is 6. The summed E-state index contributed by atoms with van der Waals surface area (Å²) in [4.78, 5) is 32.5. The maximum Gasteiger partial charge on any atom is 0.338 e. The molecule has 1 unspecified atom stereocenters. The van der Waals surface area contributed by atoms with Crippen molar-refractivity contribution in [3.8, 4) is 0 Å². The third-order valence-electron chi connectivity index (χ3n) is 6.06. The summed E-state index contributed by atoms with van der Waals surface area (Å²) in [5, 5.41) is 6.00. The zero-order valence-electron chi connectivity index (χ0n) is 18.1. The molecule has 1 aliphatic carbocycles. The molecule has 1 aromatic carbocycles. The van der Waals surface area contributed by atoms with E-state index in [1.807, 2.05) is 47.6 Å². The first-order valence-corrected chi connectivity index (χ1v) is 11.9. The zero-order chi connectivity index (χ0) is 21.8. The molecule has 2 heterocycles. The minimum atomic E-state index is -0.378. The number of nitrogens with zero attached hydrogens (tertiary/aromatic N) is 2. The van der Waals surface area contributed by atoms with Crippen molar-refractivity contribution in [2.24, 2.45) is 4.99 Å². The Labute approximate surface area is 187 Å². The number of methoxy groups -OCH3 is 1. The van der Waals surface area contributed by atoms with Crippen LogP contribution in [-0.2, 0) is 14.3 Å². The first kappa shape index (κ1) is 21.7. The molecule has 1 saturated carbocycles. The smallest absolute Gasteiger partial charge is 0.338 e. The average Bonchev–Trinajstić information content (AvgIpc) is 3.20. The number of amides is 1. The predicted octanol–water partition coefficient (Wildman–Crippen LogP) is 4.66. The van der Waals surface area contributed by atoms with Crippen LogP contribution in [0.4, 0.5) is 0 Å². The Bertz CT molecular complexity index is 933. The molecule has 0 aromatic heterocycles. The van der Waals surface area contributed by atoms with Crippen LogP contribution >= 0.6 is 11.8 Å². The van der Waals surface area contributed by atoms with Crippen LogP contribution in [0.15, 0.2) is 57.7 Å². The molecule has 0 saturated heterocycles. The Morgan fingerprint density at radius 2 is 1.94 bits per heavy atom. The summed E-state index contributed by atoms with van der Waals surface area (Å²) in [7, 11) is 1.40. The number of benzene rings is 1. The van der Waals surface area contributed by atoms with Gasteiger partial charge >= 0.3 is 5.97 Å².